The molecule has 4 heteroatoms. The van der Waals surface area contributed by atoms with Crippen LogP contribution in [0.25, 0.3) is 0 Å². The number of hydrogen-bond acceptors (Lipinski definition) is 3. The summed E-state index contributed by atoms with van der Waals surface area (Å²) < 4.78 is 1.13. The van der Waals surface area contributed by atoms with Gasteiger partial charge in [0, 0.05) is 16.9 Å². The van der Waals surface area contributed by atoms with E-state index in [2.05, 4.69) is 56.3 Å². The van der Waals surface area contributed by atoms with E-state index in [1.807, 2.05) is 12.1 Å². The molecule has 100 valence electrons. The van der Waals surface area contributed by atoms with Gasteiger partial charge in [0.05, 0.1) is 6.04 Å². The van der Waals surface area contributed by atoms with E-state index in [1.54, 1.807) is 12.4 Å². The first-order valence-corrected chi connectivity index (χ1v) is 7.34. The number of rotatable bonds is 6. The fraction of sp³-hybridized carbons (Fsp3) is 0.333. The lowest BCUT2D eigenvalue weighted by atomic mass is 10.1. The Hall–Kier alpha value is -1.26. The molecule has 1 unspecified atom stereocenters. The molecule has 1 aromatic carbocycles. The Morgan fingerprint density at radius 3 is 2.58 bits per heavy atom. The summed E-state index contributed by atoms with van der Waals surface area (Å²) in [7, 11) is 0. The molecule has 2 aromatic rings. The Labute approximate surface area is 122 Å². The van der Waals surface area contributed by atoms with Crippen LogP contribution in [0.1, 0.15) is 30.8 Å². The molecule has 0 radical (unpaired) electrons. The number of aromatic nitrogens is 2. The molecule has 0 amide bonds. The molecule has 0 aliphatic rings. The summed E-state index contributed by atoms with van der Waals surface area (Å²) in [6.45, 7) is 3.13. The maximum absolute atomic E-state index is 4.37. The van der Waals surface area contributed by atoms with Crippen molar-refractivity contribution in [2.45, 2.75) is 25.8 Å². The molecule has 0 spiro atoms. The lowest BCUT2D eigenvalue weighted by Crippen LogP contribution is -2.26. The zero-order chi connectivity index (χ0) is 13.5. The quantitative estimate of drug-likeness (QED) is 0.885. The van der Waals surface area contributed by atoms with Crippen molar-refractivity contribution < 1.29 is 0 Å². The van der Waals surface area contributed by atoms with E-state index in [9.17, 15) is 0 Å². The predicted octanol–water partition coefficient (Wildman–Crippen LogP) is 3.52. The third kappa shape index (κ3) is 4.11. The monoisotopic (exact) mass is 319 g/mol. The van der Waals surface area contributed by atoms with Crippen molar-refractivity contribution in [1.29, 1.82) is 0 Å². The summed E-state index contributed by atoms with van der Waals surface area (Å²) in [5.74, 6) is 0.853. The normalized spacial score (nSPS) is 12.3. The lowest BCUT2D eigenvalue weighted by molar-refractivity contribution is 0.504. The largest absolute Gasteiger partial charge is 0.307 e. The highest BCUT2D eigenvalue weighted by molar-refractivity contribution is 9.10. The number of halogens is 1. The zero-order valence-corrected chi connectivity index (χ0v) is 12.6. The molecule has 0 saturated carbocycles. The second kappa shape index (κ2) is 7.36. The summed E-state index contributed by atoms with van der Waals surface area (Å²) in [5.41, 5.74) is 1.27. The summed E-state index contributed by atoms with van der Waals surface area (Å²) in [6, 6.07) is 10.3. The first kappa shape index (κ1) is 14.2. The average molecular weight is 320 g/mol. The minimum atomic E-state index is 0.153. The fourth-order valence-electron chi connectivity index (χ4n) is 1.95. The molecular weight excluding hydrogens is 302 g/mol. The van der Waals surface area contributed by atoms with Gasteiger partial charge in [0.1, 0.15) is 5.82 Å². The second-order valence-electron chi connectivity index (χ2n) is 4.41. The first-order valence-electron chi connectivity index (χ1n) is 6.55. The molecule has 0 bridgehead atoms. The second-order valence-corrected chi connectivity index (χ2v) is 5.26. The van der Waals surface area contributed by atoms with Gasteiger partial charge in [0.15, 0.2) is 0 Å². The summed E-state index contributed by atoms with van der Waals surface area (Å²) in [6.07, 6.45) is 5.57. The van der Waals surface area contributed by atoms with Crippen molar-refractivity contribution in [2.24, 2.45) is 0 Å². The van der Waals surface area contributed by atoms with Crippen molar-refractivity contribution in [3.63, 3.8) is 0 Å². The average Bonchev–Trinajstić information content (AvgIpc) is 2.46. The minimum absolute atomic E-state index is 0.153. The maximum Gasteiger partial charge on any atom is 0.145 e. The molecule has 1 aromatic heterocycles. The van der Waals surface area contributed by atoms with Gasteiger partial charge in [-0.1, -0.05) is 41.1 Å². The van der Waals surface area contributed by atoms with Crippen LogP contribution >= 0.6 is 15.9 Å². The van der Waals surface area contributed by atoms with Crippen molar-refractivity contribution in [3.05, 3.63) is 58.6 Å². The molecule has 3 nitrogen and oxygen atoms in total. The van der Waals surface area contributed by atoms with E-state index in [0.717, 1.165) is 29.7 Å². The van der Waals surface area contributed by atoms with Crippen LogP contribution in [0.4, 0.5) is 0 Å². The van der Waals surface area contributed by atoms with Crippen LogP contribution in [0.5, 0.6) is 0 Å². The molecule has 19 heavy (non-hydrogen) atoms. The van der Waals surface area contributed by atoms with Crippen molar-refractivity contribution >= 4 is 15.9 Å². The smallest absolute Gasteiger partial charge is 0.145 e. The zero-order valence-electron chi connectivity index (χ0n) is 11.0. The van der Waals surface area contributed by atoms with E-state index in [0.29, 0.717) is 0 Å². The van der Waals surface area contributed by atoms with Crippen molar-refractivity contribution in [3.8, 4) is 0 Å². The lowest BCUT2D eigenvalue weighted by Gasteiger charge is -2.17. The molecular formula is C15H18BrN3. The van der Waals surface area contributed by atoms with Gasteiger partial charge in [-0.3, -0.25) is 0 Å². The predicted molar refractivity (Wildman–Crippen MR) is 80.9 cm³/mol. The minimum Gasteiger partial charge on any atom is -0.307 e. The van der Waals surface area contributed by atoms with Crippen molar-refractivity contribution in [2.75, 3.05) is 6.54 Å². The highest BCUT2D eigenvalue weighted by Gasteiger charge is 2.15. The first-order chi connectivity index (χ1) is 9.31. The van der Waals surface area contributed by atoms with Crippen LogP contribution in [0, 0.1) is 0 Å². The van der Waals surface area contributed by atoms with Gasteiger partial charge in [-0.25, -0.2) is 9.97 Å². The third-order valence-electron chi connectivity index (χ3n) is 2.92. The Morgan fingerprint density at radius 2 is 1.89 bits per heavy atom. The molecule has 0 aliphatic heterocycles. The molecule has 2 rings (SSSR count). The maximum atomic E-state index is 4.37. The van der Waals surface area contributed by atoms with Gasteiger partial charge < -0.3 is 5.32 Å². The fourth-order valence-corrected chi connectivity index (χ4v) is 2.39. The highest BCUT2D eigenvalue weighted by Crippen LogP contribution is 2.22. The summed E-state index contributed by atoms with van der Waals surface area (Å²) in [5, 5.41) is 3.52. The summed E-state index contributed by atoms with van der Waals surface area (Å²) >= 11 is 3.60. The molecule has 1 atom stereocenters. The van der Waals surface area contributed by atoms with Gasteiger partial charge in [0.2, 0.25) is 0 Å². The molecule has 1 heterocycles. The summed E-state index contributed by atoms with van der Waals surface area (Å²) in [4.78, 5) is 8.74. The van der Waals surface area contributed by atoms with E-state index in [-0.39, 0.29) is 6.04 Å². The van der Waals surface area contributed by atoms with E-state index in [4.69, 9.17) is 0 Å². The van der Waals surface area contributed by atoms with Gasteiger partial charge in [-0.05, 0) is 37.1 Å². The van der Waals surface area contributed by atoms with E-state index < -0.39 is 0 Å². The van der Waals surface area contributed by atoms with Gasteiger partial charge in [-0.2, -0.15) is 0 Å². The van der Waals surface area contributed by atoms with Crippen molar-refractivity contribution in [1.82, 2.24) is 15.3 Å². The number of hydrogen-bond donors (Lipinski definition) is 1. The van der Waals surface area contributed by atoms with Gasteiger partial charge >= 0.3 is 0 Å². The van der Waals surface area contributed by atoms with Crippen LogP contribution in [0.2, 0.25) is 0 Å². The third-order valence-corrected chi connectivity index (χ3v) is 3.69. The SMILES string of the molecule is CCCNC(Cc1ccccc1Br)c1ncccn1. The highest BCUT2D eigenvalue weighted by atomic mass is 79.9. The van der Waals surface area contributed by atoms with Gasteiger partial charge in [0.25, 0.3) is 0 Å². The van der Waals surface area contributed by atoms with Gasteiger partial charge in [-0.15, -0.1) is 0 Å². The standard InChI is InChI=1S/C15H18BrN3/c1-2-8-17-14(15-18-9-5-10-19-15)11-12-6-3-4-7-13(12)16/h3-7,9-10,14,17H,2,8,11H2,1H3. The van der Waals surface area contributed by atoms with E-state index >= 15 is 0 Å². The number of nitrogens with one attached hydrogen (secondary N) is 1. The molecule has 0 fully saturated rings. The van der Waals surface area contributed by atoms with Crippen LogP contribution < -0.4 is 5.32 Å². The molecule has 0 aliphatic carbocycles. The van der Waals surface area contributed by atoms with Crippen LogP contribution in [0.15, 0.2) is 47.2 Å². The van der Waals surface area contributed by atoms with E-state index in [1.165, 1.54) is 5.56 Å². The van der Waals surface area contributed by atoms with Crippen LogP contribution in [0.3, 0.4) is 0 Å². The number of nitrogens with zero attached hydrogens (tertiary/aromatic N) is 2. The Bertz CT molecular complexity index is 502. The topological polar surface area (TPSA) is 37.8 Å². The number of benzene rings is 1. The van der Waals surface area contributed by atoms with Crippen LogP contribution in [-0.2, 0) is 6.42 Å². The van der Waals surface area contributed by atoms with Crippen LogP contribution in [-0.4, -0.2) is 16.5 Å². The Morgan fingerprint density at radius 1 is 1.16 bits per heavy atom. The Kier molecular flexibility index (Phi) is 5.48. The molecule has 1 N–H and O–H groups in total. The molecule has 0 saturated heterocycles. The Balaban J connectivity index is 2.17.